The maximum Gasteiger partial charge on any atom is 0.191 e. The molecule has 1 fully saturated rings. The maximum absolute atomic E-state index is 6.23. The summed E-state index contributed by atoms with van der Waals surface area (Å²) < 4.78 is 0. The first kappa shape index (κ1) is 18.8. The van der Waals surface area contributed by atoms with Crippen LogP contribution in [0.5, 0.6) is 0 Å². The van der Waals surface area contributed by atoms with Crippen LogP contribution in [0.4, 0.5) is 0 Å². The lowest BCUT2D eigenvalue weighted by Gasteiger charge is -2.19. The minimum absolute atomic E-state index is 0. The molecule has 0 aromatic heterocycles. The quantitative estimate of drug-likeness (QED) is 0.418. The molecule has 1 aliphatic carbocycles. The number of hydrogen-bond donors (Lipinski definition) is 1. The number of nitrogens with zero attached hydrogens (tertiary/aromatic N) is 2. The van der Waals surface area contributed by atoms with E-state index in [2.05, 4.69) is 23.7 Å². The second-order valence-electron chi connectivity index (χ2n) is 5.14. The third kappa shape index (κ3) is 4.89. The summed E-state index contributed by atoms with van der Waals surface area (Å²) in [6.07, 6.45) is 1.12. The summed E-state index contributed by atoms with van der Waals surface area (Å²) >= 11 is 12.2. The summed E-state index contributed by atoms with van der Waals surface area (Å²) in [5.41, 5.74) is 7.16. The normalized spacial score (nSPS) is 20.9. The van der Waals surface area contributed by atoms with Gasteiger partial charge in [-0.05, 0) is 49.8 Å². The van der Waals surface area contributed by atoms with Crippen molar-refractivity contribution in [2.75, 3.05) is 19.6 Å². The molecule has 1 saturated carbocycles. The van der Waals surface area contributed by atoms with Gasteiger partial charge in [0.15, 0.2) is 5.96 Å². The highest BCUT2D eigenvalue weighted by atomic mass is 127. The van der Waals surface area contributed by atoms with Gasteiger partial charge in [0, 0.05) is 29.7 Å². The molecule has 0 spiro atoms. The van der Waals surface area contributed by atoms with Crippen LogP contribution in [0.25, 0.3) is 0 Å². The van der Waals surface area contributed by atoms with Gasteiger partial charge in [0.2, 0.25) is 0 Å². The average Bonchev–Trinajstić information content (AvgIpc) is 3.17. The van der Waals surface area contributed by atoms with Gasteiger partial charge in [-0.3, -0.25) is 4.99 Å². The molecule has 2 atom stereocenters. The number of aliphatic imine (C=N–C) groups is 1. The Morgan fingerprint density at radius 3 is 2.57 bits per heavy atom. The first-order chi connectivity index (χ1) is 9.56. The molecule has 0 saturated heterocycles. The Kier molecular flexibility index (Phi) is 7.57. The molecule has 0 aliphatic heterocycles. The smallest absolute Gasteiger partial charge is 0.191 e. The number of benzene rings is 1. The highest BCUT2D eigenvalue weighted by Gasteiger charge is 2.39. The zero-order valence-electron chi connectivity index (χ0n) is 12.4. The van der Waals surface area contributed by atoms with Crippen LogP contribution in [0.1, 0.15) is 31.7 Å². The van der Waals surface area contributed by atoms with Gasteiger partial charge >= 0.3 is 0 Å². The molecule has 21 heavy (non-hydrogen) atoms. The van der Waals surface area contributed by atoms with Crippen LogP contribution >= 0.6 is 47.2 Å². The molecular weight excluding hydrogens is 420 g/mol. The second-order valence-corrected chi connectivity index (χ2v) is 5.98. The minimum atomic E-state index is 0. The lowest BCUT2D eigenvalue weighted by molar-refractivity contribution is 0.457. The van der Waals surface area contributed by atoms with Crippen LogP contribution in [0.15, 0.2) is 23.2 Å². The number of nitrogens with two attached hydrogens (primary N) is 1. The Bertz CT molecular complexity index is 504. The number of rotatable bonds is 5. The molecule has 1 aromatic carbocycles. The summed E-state index contributed by atoms with van der Waals surface area (Å²) in [7, 11) is 0. The van der Waals surface area contributed by atoms with Gasteiger partial charge < -0.3 is 10.6 Å². The predicted octanol–water partition coefficient (Wildman–Crippen LogP) is 4.37. The van der Waals surface area contributed by atoms with E-state index >= 15 is 0 Å². The summed E-state index contributed by atoms with van der Waals surface area (Å²) in [5, 5.41) is 1.44. The van der Waals surface area contributed by atoms with Gasteiger partial charge in [0.25, 0.3) is 0 Å². The van der Waals surface area contributed by atoms with E-state index in [0.717, 1.165) is 31.1 Å². The Morgan fingerprint density at radius 2 is 2.00 bits per heavy atom. The zero-order valence-corrected chi connectivity index (χ0v) is 16.2. The molecule has 0 bridgehead atoms. The fraction of sp³-hybridized carbons (Fsp3) is 0.533. The standard InChI is InChI=1S/C15H21Cl2N3.HI/c1-3-20(4-2)15(18)19-9-10-7-13(10)12-6-5-11(16)8-14(12)17;/h5-6,8,10,13H,3-4,7,9H2,1-2H3,(H2,18,19);1H. The molecule has 6 heteroatoms. The van der Waals surface area contributed by atoms with E-state index in [1.165, 1.54) is 5.56 Å². The molecule has 2 unspecified atom stereocenters. The average molecular weight is 442 g/mol. The third-order valence-electron chi connectivity index (χ3n) is 3.86. The largest absolute Gasteiger partial charge is 0.370 e. The first-order valence-electron chi connectivity index (χ1n) is 7.06. The topological polar surface area (TPSA) is 41.6 Å². The van der Waals surface area contributed by atoms with Crippen LogP contribution in [-0.4, -0.2) is 30.5 Å². The fourth-order valence-electron chi connectivity index (χ4n) is 2.49. The van der Waals surface area contributed by atoms with Gasteiger partial charge in [-0.2, -0.15) is 0 Å². The van der Waals surface area contributed by atoms with Crippen LogP contribution in [0.2, 0.25) is 10.0 Å². The van der Waals surface area contributed by atoms with Crippen LogP contribution in [0.3, 0.4) is 0 Å². The molecule has 1 aliphatic rings. The van der Waals surface area contributed by atoms with E-state index in [1.807, 2.05) is 12.1 Å². The summed E-state index contributed by atoms with van der Waals surface area (Å²) in [5.74, 6) is 1.68. The molecule has 0 radical (unpaired) electrons. The van der Waals surface area contributed by atoms with Crippen molar-refractivity contribution >= 4 is 53.1 Å². The van der Waals surface area contributed by atoms with E-state index in [1.54, 1.807) is 6.07 Å². The fourth-order valence-corrected chi connectivity index (χ4v) is 3.04. The van der Waals surface area contributed by atoms with Gasteiger partial charge in [-0.15, -0.1) is 24.0 Å². The molecule has 118 valence electrons. The Balaban J connectivity index is 0.00000220. The molecule has 2 N–H and O–H groups in total. The second kappa shape index (κ2) is 8.44. The van der Waals surface area contributed by atoms with E-state index in [-0.39, 0.29) is 24.0 Å². The predicted molar refractivity (Wildman–Crippen MR) is 102 cm³/mol. The van der Waals surface area contributed by atoms with E-state index in [0.29, 0.717) is 22.8 Å². The molecule has 0 heterocycles. The number of hydrogen-bond acceptors (Lipinski definition) is 1. The molecule has 1 aromatic rings. The van der Waals surface area contributed by atoms with Crippen molar-refractivity contribution in [3.05, 3.63) is 33.8 Å². The summed E-state index contributed by atoms with van der Waals surface area (Å²) in [4.78, 5) is 6.56. The third-order valence-corrected chi connectivity index (χ3v) is 4.42. The van der Waals surface area contributed by atoms with Crippen LogP contribution < -0.4 is 5.73 Å². The van der Waals surface area contributed by atoms with Gasteiger partial charge in [0.1, 0.15) is 0 Å². The summed E-state index contributed by atoms with van der Waals surface area (Å²) in [6, 6.07) is 5.72. The van der Waals surface area contributed by atoms with Crippen molar-refractivity contribution in [2.45, 2.75) is 26.2 Å². The molecule has 2 rings (SSSR count). The lowest BCUT2D eigenvalue weighted by atomic mass is 10.1. The lowest BCUT2D eigenvalue weighted by Crippen LogP contribution is -2.37. The number of guanidine groups is 1. The molecule has 0 amide bonds. The van der Waals surface area contributed by atoms with E-state index in [9.17, 15) is 0 Å². The van der Waals surface area contributed by atoms with E-state index < -0.39 is 0 Å². The van der Waals surface area contributed by atoms with Crippen LogP contribution in [0, 0.1) is 5.92 Å². The highest BCUT2D eigenvalue weighted by molar-refractivity contribution is 14.0. The molecule has 3 nitrogen and oxygen atoms in total. The van der Waals surface area contributed by atoms with Crippen molar-refractivity contribution in [2.24, 2.45) is 16.6 Å². The van der Waals surface area contributed by atoms with Crippen LogP contribution in [-0.2, 0) is 0 Å². The van der Waals surface area contributed by atoms with Gasteiger partial charge in [-0.1, -0.05) is 29.3 Å². The Labute approximate surface area is 153 Å². The summed E-state index contributed by atoms with van der Waals surface area (Å²) in [6.45, 7) is 6.72. The van der Waals surface area contributed by atoms with Crippen molar-refractivity contribution in [3.63, 3.8) is 0 Å². The van der Waals surface area contributed by atoms with Crippen molar-refractivity contribution in [1.82, 2.24) is 4.90 Å². The SMILES string of the molecule is CCN(CC)C(N)=NCC1CC1c1ccc(Cl)cc1Cl.I. The van der Waals surface area contributed by atoms with Crippen molar-refractivity contribution < 1.29 is 0 Å². The minimum Gasteiger partial charge on any atom is -0.370 e. The monoisotopic (exact) mass is 441 g/mol. The molecular formula is C15H22Cl2IN3. The maximum atomic E-state index is 6.23. The highest BCUT2D eigenvalue weighted by Crippen LogP contribution is 2.50. The zero-order chi connectivity index (χ0) is 14.7. The van der Waals surface area contributed by atoms with Gasteiger partial charge in [0.05, 0.1) is 0 Å². The number of halogens is 3. The Hall–Kier alpha value is -0.200. The Morgan fingerprint density at radius 1 is 1.33 bits per heavy atom. The van der Waals surface area contributed by atoms with Crippen molar-refractivity contribution in [3.8, 4) is 0 Å². The van der Waals surface area contributed by atoms with Gasteiger partial charge in [-0.25, -0.2) is 0 Å². The first-order valence-corrected chi connectivity index (χ1v) is 7.82. The van der Waals surface area contributed by atoms with E-state index in [4.69, 9.17) is 28.9 Å². The van der Waals surface area contributed by atoms with Crippen molar-refractivity contribution in [1.29, 1.82) is 0 Å².